The fourth-order valence-corrected chi connectivity index (χ4v) is 4.68. The van der Waals surface area contributed by atoms with Crippen molar-refractivity contribution in [3.63, 3.8) is 0 Å². The Morgan fingerprint density at radius 1 is 0.939 bits per heavy atom. The van der Waals surface area contributed by atoms with Gasteiger partial charge in [0.1, 0.15) is 11.4 Å². The summed E-state index contributed by atoms with van der Waals surface area (Å²) in [5, 5.41) is 0.510. The minimum absolute atomic E-state index is 0.345. The van der Waals surface area contributed by atoms with Gasteiger partial charge in [-0.15, -0.1) is 0 Å². The number of fused-ring (bicyclic) bond motifs is 1. The summed E-state index contributed by atoms with van der Waals surface area (Å²) >= 11 is 6.34. The van der Waals surface area contributed by atoms with E-state index in [0.29, 0.717) is 39.8 Å². The number of halogens is 1. The van der Waals surface area contributed by atoms with E-state index in [2.05, 4.69) is 6.07 Å². The zero-order valence-electron chi connectivity index (χ0n) is 18.5. The van der Waals surface area contributed by atoms with E-state index in [1.807, 2.05) is 48.2 Å². The molecule has 3 aromatic rings. The van der Waals surface area contributed by atoms with E-state index < -0.39 is 0 Å². The van der Waals surface area contributed by atoms with Crippen molar-refractivity contribution in [3.05, 3.63) is 94.1 Å². The monoisotopic (exact) mass is 458 g/mol. The lowest BCUT2D eigenvalue weighted by Gasteiger charge is -2.32. The fraction of sp³-hybridized carbons (Fsp3) is 0.185. The van der Waals surface area contributed by atoms with Gasteiger partial charge in [0.15, 0.2) is 0 Å². The van der Waals surface area contributed by atoms with Crippen molar-refractivity contribution < 1.29 is 14.3 Å². The van der Waals surface area contributed by atoms with E-state index >= 15 is 0 Å². The lowest BCUT2D eigenvalue weighted by atomic mass is 9.98. The van der Waals surface area contributed by atoms with E-state index in [4.69, 9.17) is 16.3 Å². The number of para-hydroxylation sites is 1. The highest BCUT2D eigenvalue weighted by molar-refractivity contribution is 6.46. The Morgan fingerprint density at radius 2 is 1.70 bits per heavy atom. The third-order valence-electron chi connectivity index (χ3n) is 6.23. The third-order valence-corrected chi connectivity index (χ3v) is 6.64. The molecule has 0 bridgehead atoms. The molecule has 3 aromatic carbocycles. The van der Waals surface area contributed by atoms with Gasteiger partial charge in [-0.3, -0.25) is 9.59 Å². The highest BCUT2D eigenvalue weighted by Gasteiger charge is 2.43. The molecule has 0 unspecified atom stereocenters. The largest absolute Gasteiger partial charge is 0.497 e. The van der Waals surface area contributed by atoms with Crippen molar-refractivity contribution in [2.24, 2.45) is 0 Å². The average molecular weight is 459 g/mol. The summed E-state index contributed by atoms with van der Waals surface area (Å²) in [6, 6.07) is 20.5. The lowest BCUT2D eigenvalue weighted by Crippen LogP contribution is -2.37. The maximum absolute atomic E-state index is 13.9. The second-order valence-electron chi connectivity index (χ2n) is 8.22. The topological polar surface area (TPSA) is 49.9 Å². The quantitative estimate of drug-likeness (QED) is 0.491. The molecule has 2 heterocycles. The number of carbonyl (C=O) groups is 2. The molecular formula is C27H23ClN2O3. The number of rotatable bonds is 4. The van der Waals surface area contributed by atoms with Crippen molar-refractivity contribution in [1.82, 2.24) is 0 Å². The van der Waals surface area contributed by atoms with E-state index in [9.17, 15) is 9.59 Å². The van der Waals surface area contributed by atoms with Crippen LogP contribution in [-0.2, 0) is 16.0 Å². The number of carbonyl (C=O) groups excluding carboxylic acids is 2. The van der Waals surface area contributed by atoms with Crippen molar-refractivity contribution >= 4 is 40.4 Å². The Labute approximate surface area is 197 Å². The first-order valence-electron chi connectivity index (χ1n) is 10.9. The summed E-state index contributed by atoms with van der Waals surface area (Å²) in [6.07, 6.45) is 1.84. The van der Waals surface area contributed by atoms with Crippen LogP contribution < -0.4 is 14.5 Å². The predicted octanol–water partition coefficient (Wildman–Crippen LogP) is 5.39. The Balaban J connectivity index is 1.68. The molecule has 5 nitrogen and oxygen atoms in total. The van der Waals surface area contributed by atoms with Crippen LogP contribution in [0.2, 0.25) is 5.02 Å². The van der Waals surface area contributed by atoms with Crippen LogP contribution in [-0.4, -0.2) is 25.5 Å². The molecule has 0 atom stereocenters. The summed E-state index contributed by atoms with van der Waals surface area (Å²) in [5.74, 6) is -0.0197. The van der Waals surface area contributed by atoms with Crippen molar-refractivity contribution in [2.75, 3.05) is 23.5 Å². The number of amides is 2. The Hall–Kier alpha value is -3.57. The molecule has 0 fully saturated rings. The molecule has 0 saturated heterocycles. The SMILES string of the molecule is COc1ccc(C2=C(N3CCCc4ccccc43)C(=O)N(c3ccc(C)c(Cl)c3)C2=O)cc1. The third kappa shape index (κ3) is 3.58. The zero-order chi connectivity index (χ0) is 23.1. The molecule has 166 valence electrons. The Kier molecular flexibility index (Phi) is 5.43. The predicted molar refractivity (Wildman–Crippen MR) is 131 cm³/mol. The average Bonchev–Trinajstić information content (AvgIpc) is 3.10. The van der Waals surface area contributed by atoms with Gasteiger partial charge in [0, 0.05) is 17.3 Å². The molecule has 33 heavy (non-hydrogen) atoms. The van der Waals surface area contributed by atoms with Gasteiger partial charge >= 0.3 is 0 Å². The molecule has 0 aromatic heterocycles. The van der Waals surface area contributed by atoms with Gasteiger partial charge in [-0.05, 0) is 66.8 Å². The van der Waals surface area contributed by atoms with E-state index in [-0.39, 0.29) is 11.8 Å². The second kappa shape index (κ2) is 8.41. The minimum Gasteiger partial charge on any atom is -0.497 e. The van der Waals surface area contributed by atoms with Gasteiger partial charge < -0.3 is 9.64 Å². The number of hydrogen-bond acceptors (Lipinski definition) is 4. The zero-order valence-corrected chi connectivity index (χ0v) is 19.2. The van der Waals surface area contributed by atoms with Crippen LogP contribution in [0.25, 0.3) is 5.57 Å². The normalized spacial score (nSPS) is 15.8. The van der Waals surface area contributed by atoms with E-state index in [1.54, 1.807) is 31.4 Å². The Morgan fingerprint density at radius 3 is 2.42 bits per heavy atom. The van der Waals surface area contributed by atoms with Crippen LogP contribution in [0.5, 0.6) is 5.75 Å². The minimum atomic E-state index is -0.358. The van der Waals surface area contributed by atoms with Gasteiger partial charge in [0.2, 0.25) is 0 Å². The fourth-order valence-electron chi connectivity index (χ4n) is 4.51. The van der Waals surface area contributed by atoms with Crippen LogP contribution in [0.3, 0.4) is 0 Å². The van der Waals surface area contributed by atoms with E-state index in [0.717, 1.165) is 24.1 Å². The van der Waals surface area contributed by atoms with Crippen LogP contribution >= 0.6 is 11.6 Å². The van der Waals surface area contributed by atoms with Crippen molar-refractivity contribution in [3.8, 4) is 5.75 Å². The van der Waals surface area contributed by atoms with Crippen LogP contribution in [0.1, 0.15) is 23.1 Å². The maximum Gasteiger partial charge on any atom is 0.282 e. The van der Waals surface area contributed by atoms with Crippen LogP contribution in [0, 0.1) is 6.92 Å². The number of methoxy groups -OCH3 is 1. The summed E-state index contributed by atoms with van der Waals surface area (Å²) in [4.78, 5) is 30.9. The first-order valence-corrected chi connectivity index (χ1v) is 11.3. The molecule has 2 aliphatic rings. The molecule has 0 spiro atoms. The molecule has 2 amide bonds. The van der Waals surface area contributed by atoms with Crippen LogP contribution in [0.15, 0.2) is 72.4 Å². The van der Waals surface area contributed by atoms with E-state index in [1.165, 1.54) is 10.5 Å². The second-order valence-corrected chi connectivity index (χ2v) is 8.62. The number of hydrogen-bond donors (Lipinski definition) is 0. The highest BCUT2D eigenvalue weighted by atomic mass is 35.5. The van der Waals surface area contributed by atoms with Gasteiger partial charge in [-0.2, -0.15) is 0 Å². The maximum atomic E-state index is 13.9. The van der Waals surface area contributed by atoms with Gasteiger partial charge in [-0.25, -0.2) is 4.90 Å². The standard InChI is InChI=1S/C27H23ClN2O3/c1-17-9-12-20(16-22(17)28)30-26(31)24(19-10-13-21(33-2)14-11-19)25(27(30)32)29-15-5-7-18-6-3-4-8-23(18)29/h3-4,6,8-14,16H,5,7,15H2,1-2H3. The van der Waals surface area contributed by atoms with Gasteiger partial charge in [0.25, 0.3) is 11.8 Å². The molecule has 0 saturated carbocycles. The summed E-state index contributed by atoms with van der Waals surface area (Å²) in [7, 11) is 1.59. The number of nitrogens with zero attached hydrogens (tertiary/aromatic N) is 2. The highest BCUT2D eigenvalue weighted by Crippen LogP contribution is 2.40. The number of anilines is 2. The molecule has 5 rings (SSSR count). The first-order chi connectivity index (χ1) is 16.0. The van der Waals surface area contributed by atoms with Crippen molar-refractivity contribution in [1.29, 1.82) is 0 Å². The molecular weight excluding hydrogens is 436 g/mol. The lowest BCUT2D eigenvalue weighted by molar-refractivity contribution is -0.120. The van der Waals surface area contributed by atoms with Crippen molar-refractivity contribution in [2.45, 2.75) is 19.8 Å². The molecule has 0 aliphatic carbocycles. The van der Waals surface area contributed by atoms with Gasteiger partial charge in [0.05, 0.1) is 18.4 Å². The molecule has 2 aliphatic heterocycles. The summed E-state index contributed by atoms with van der Waals surface area (Å²) in [6.45, 7) is 2.55. The van der Waals surface area contributed by atoms with Gasteiger partial charge in [-0.1, -0.05) is 48.0 Å². The Bertz CT molecular complexity index is 1300. The first kappa shape index (κ1) is 21.3. The molecule has 0 radical (unpaired) electrons. The smallest absolute Gasteiger partial charge is 0.282 e. The number of benzene rings is 3. The summed E-state index contributed by atoms with van der Waals surface area (Å²) < 4.78 is 5.28. The van der Waals surface area contributed by atoms with Crippen LogP contribution in [0.4, 0.5) is 11.4 Å². The molecule has 6 heteroatoms. The molecule has 0 N–H and O–H groups in total. The number of aryl methyl sites for hydroxylation is 2. The summed E-state index contributed by atoms with van der Waals surface area (Å²) in [5.41, 5.74) is 4.94. The number of ether oxygens (including phenoxy) is 1. The number of imide groups is 1.